The second kappa shape index (κ2) is 7.45. The largest absolute Gasteiger partial charge is 0.419 e. The lowest BCUT2D eigenvalue weighted by atomic mass is 10.2. The van der Waals surface area contributed by atoms with E-state index in [0.29, 0.717) is 11.1 Å². The van der Waals surface area contributed by atoms with Gasteiger partial charge < -0.3 is 14.2 Å². The van der Waals surface area contributed by atoms with Crippen LogP contribution in [0.25, 0.3) is 11.1 Å². The molecule has 10 heteroatoms. The number of benzene rings is 1. The molecule has 1 aromatic carbocycles. The first-order valence-corrected chi connectivity index (χ1v) is 8.45. The molecule has 7 nitrogen and oxygen atoms in total. The molecule has 0 aliphatic carbocycles. The summed E-state index contributed by atoms with van der Waals surface area (Å²) in [4.78, 5) is 38.4. The predicted octanol–water partition coefficient (Wildman–Crippen LogP) is 1.61. The molecule has 1 fully saturated rings. The van der Waals surface area contributed by atoms with Crippen molar-refractivity contribution in [3.8, 4) is 0 Å². The minimum atomic E-state index is -4.54. The molecule has 0 radical (unpaired) electrons. The topological polar surface area (TPSA) is 75.8 Å². The first-order valence-electron chi connectivity index (χ1n) is 8.45. The molecule has 2 heterocycles. The molecule has 1 aromatic heterocycles. The van der Waals surface area contributed by atoms with E-state index in [1.165, 1.54) is 9.47 Å². The van der Waals surface area contributed by atoms with E-state index in [2.05, 4.69) is 0 Å². The van der Waals surface area contributed by atoms with Gasteiger partial charge in [-0.15, -0.1) is 0 Å². The Morgan fingerprint density at radius 1 is 1.00 bits per heavy atom. The molecule has 27 heavy (non-hydrogen) atoms. The highest BCUT2D eigenvalue weighted by Crippen LogP contribution is 2.21. The summed E-state index contributed by atoms with van der Waals surface area (Å²) in [6, 6.07) is 6.87. The normalized spacial score (nSPS) is 15.4. The van der Waals surface area contributed by atoms with Gasteiger partial charge in [0.15, 0.2) is 5.58 Å². The predicted molar refractivity (Wildman–Crippen MR) is 88.9 cm³/mol. The van der Waals surface area contributed by atoms with Crippen molar-refractivity contribution in [3.05, 3.63) is 34.8 Å². The number of para-hydroxylation sites is 2. The van der Waals surface area contributed by atoms with Crippen LogP contribution in [0, 0.1) is 0 Å². The molecule has 0 unspecified atom stereocenters. The highest BCUT2D eigenvalue weighted by atomic mass is 19.4. The van der Waals surface area contributed by atoms with Crippen LogP contribution in [0.15, 0.2) is 33.5 Å². The maximum absolute atomic E-state index is 12.3. The van der Waals surface area contributed by atoms with Crippen molar-refractivity contribution in [3.63, 3.8) is 0 Å². The van der Waals surface area contributed by atoms with Gasteiger partial charge in [-0.2, -0.15) is 13.2 Å². The van der Waals surface area contributed by atoms with Gasteiger partial charge in [-0.1, -0.05) is 12.1 Å². The second-order valence-corrected chi connectivity index (χ2v) is 6.29. The van der Waals surface area contributed by atoms with E-state index < -0.39 is 24.3 Å². The van der Waals surface area contributed by atoms with Gasteiger partial charge in [-0.05, 0) is 12.1 Å². The van der Waals surface area contributed by atoms with Crippen LogP contribution in [-0.2, 0) is 16.1 Å². The zero-order valence-corrected chi connectivity index (χ0v) is 14.4. The third-order valence-electron chi connectivity index (χ3n) is 4.46. The number of oxazole rings is 1. The summed E-state index contributed by atoms with van der Waals surface area (Å²) in [5.41, 5.74) is 1.03. The molecule has 0 atom stereocenters. The standard InChI is InChI=1S/C17H18F3N3O4/c18-17(19,20)11-15(25)22-9-7-21(8-10-22)14(24)5-6-23-12-3-1-2-4-13(12)27-16(23)26/h1-4H,5-11H2. The van der Waals surface area contributed by atoms with E-state index in [9.17, 15) is 27.6 Å². The van der Waals surface area contributed by atoms with E-state index in [-0.39, 0.29) is 45.1 Å². The summed E-state index contributed by atoms with van der Waals surface area (Å²) in [7, 11) is 0. The third kappa shape index (κ3) is 4.50. The van der Waals surface area contributed by atoms with Crippen molar-refractivity contribution in [1.29, 1.82) is 0 Å². The van der Waals surface area contributed by atoms with Crippen LogP contribution in [0.3, 0.4) is 0 Å². The van der Waals surface area contributed by atoms with Gasteiger partial charge in [0.1, 0.15) is 6.42 Å². The number of fused-ring (bicyclic) bond motifs is 1. The van der Waals surface area contributed by atoms with Crippen molar-refractivity contribution in [2.24, 2.45) is 0 Å². The van der Waals surface area contributed by atoms with Gasteiger partial charge in [-0.25, -0.2) is 4.79 Å². The Bertz CT molecular complexity index is 895. The smallest absolute Gasteiger partial charge is 0.408 e. The number of aromatic nitrogens is 1. The van der Waals surface area contributed by atoms with Gasteiger partial charge in [-0.3, -0.25) is 14.2 Å². The van der Waals surface area contributed by atoms with E-state index >= 15 is 0 Å². The van der Waals surface area contributed by atoms with Gasteiger partial charge in [0.25, 0.3) is 0 Å². The molecule has 146 valence electrons. The number of hydrogen-bond acceptors (Lipinski definition) is 4. The number of rotatable bonds is 4. The van der Waals surface area contributed by atoms with E-state index in [1.807, 2.05) is 0 Å². The number of hydrogen-bond donors (Lipinski definition) is 0. The van der Waals surface area contributed by atoms with E-state index in [0.717, 1.165) is 4.90 Å². The van der Waals surface area contributed by atoms with Crippen LogP contribution >= 0.6 is 0 Å². The van der Waals surface area contributed by atoms with E-state index in [4.69, 9.17) is 4.42 Å². The number of nitrogens with zero attached hydrogens (tertiary/aromatic N) is 3. The number of aryl methyl sites for hydroxylation is 1. The number of amides is 2. The first-order chi connectivity index (χ1) is 12.7. The van der Waals surface area contributed by atoms with Crippen LogP contribution in [0.4, 0.5) is 13.2 Å². The maximum atomic E-state index is 12.3. The third-order valence-corrected chi connectivity index (χ3v) is 4.46. The van der Waals surface area contributed by atoms with Gasteiger partial charge in [0.2, 0.25) is 11.8 Å². The Hall–Kier alpha value is -2.78. The fourth-order valence-electron chi connectivity index (χ4n) is 3.08. The Kier molecular flexibility index (Phi) is 5.24. The molecule has 3 rings (SSSR count). The minimum Gasteiger partial charge on any atom is -0.408 e. The fourth-order valence-corrected chi connectivity index (χ4v) is 3.08. The summed E-state index contributed by atoms with van der Waals surface area (Å²) < 4.78 is 43.4. The van der Waals surface area contributed by atoms with Gasteiger partial charge in [0, 0.05) is 39.1 Å². The average Bonchev–Trinajstić information content (AvgIpc) is 2.93. The number of carbonyl (C=O) groups is 2. The molecule has 1 aliphatic heterocycles. The second-order valence-electron chi connectivity index (χ2n) is 6.29. The van der Waals surface area contributed by atoms with Crippen molar-refractivity contribution < 1.29 is 27.2 Å². The van der Waals surface area contributed by atoms with Gasteiger partial charge >= 0.3 is 11.9 Å². The Morgan fingerprint density at radius 3 is 2.22 bits per heavy atom. The molecular formula is C17H18F3N3O4. The molecule has 0 saturated carbocycles. The number of alkyl halides is 3. The molecule has 1 saturated heterocycles. The van der Waals surface area contributed by atoms with Crippen molar-refractivity contribution in [2.45, 2.75) is 25.6 Å². The molecular weight excluding hydrogens is 367 g/mol. The molecule has 1 aliphatic rings. The molecule has 0 N–H and O–H groups in total. The average molecular weight is 385 g/mol. The fraction of sp³-hybridized carbons (Fsp3) is 0.471. The molecule has 0 spiro atoms. The van der Waals surface area contributed by atoms with E-state index in [1.54, 1.807) is 24.3 Å². The number of halogens is 3. The summed E-state index contributed by atoms with van der Waals surface area (Å²) in [6.07, 6.45) is -5.97. The minimum absolute atomic E-state index is 0.0555. The maximum Gasteiger partial charge on any atom is 0.419 e. The number of piperazine rings is 1. The Labute approximate surface area is 151 Å². The van der Waals surface area contributed by atoms with Crippen LogP contribution in [0.2, 0.25) is 0 Å². The summed E-state index contributed by atoms with van der Waals surface area (Å²) in [5, 5.41) is 0. The Morgan fingerprint density at radius 2 is 1.59 bits per heavy atom. The lowest BCUT2D eigenvalue weighted by molar-refractivity contribution is -0.163. The number of carbonyl (C=O) groups excluding carboxylic acids is 2. The molecule has 0 bridgehead atoms. The Balaban J connectivity index is 1.53. The zero-order valence-electron chi connectivity index (χ0n) is 14.4. The van der Waals surface area contributed by atoms with Gasteiger partial charge in [0.05, 0.1) is 5.52 Å². The lowest BCUT2D eigenvalue weighted by Crippen LogP contribution is -2.51. The summed E-state index contributed by atoms with van der Waals surface area (Å²) in [6.45, 7) is 0.610. The van der Waals surface area contributed by atoms with Crippen molar-refractivity contribution in [1.82, 2.24) is 14.4 Å². The first kappa shape index (κ1) is 19.0. The van der Waals surface area contributed by atoms with Crippen LogP contribution < -0.4 is 5.76 Å². The molecule has 2 aromatic rings. The SMILES string of the molecule is O=C(CCn1c(=O)oc2ccccc21)N1CCN(C(=O)CC(F)(F)F)CC1. The molecule has 2 amide bonds. The van der Waals surface area contributed by atoms with Crippen molar-refractivity contribution in [2.75, 3.05) is 26.2 Å². The lowest BCUT2D eigenvalue weighted by Gasteiger charge is -2.35. The van der Waals surface area contributed by atoms with Crippen molar-refractivity contribution >= 4 is 22.9 Å². The highest BCUT2D eigenvalue weighted by molar-refractivity contribution is 5.79. The summed E-state index contributed by atoms with van der Waals surface area (Å²) >= 11 is 0. The highest BCUT2D eigenvalue weighted by Gasteiger charge is 2.34. The van der Waals surface area contributed by atoms with Crippen LogP contribution in [0.5, 0.6) is 0 Å². The van der Waals surface area contributed by atoms with Crippen LogP contribution in [-0.4, -0.2) is 58.5 Å². The zero-order chi connectivity index (χ0) is 19.6. The quantitative estimate of drug-likeness (QED) is 0.801. The monoisotopic (exact) mass is 385 g/mol. The summed E-state index contributed by atoms with van der Waals surface area (Å²) in [5.74, 6) is -1.76. The van der Waals surface area contributed by atoms with Crippen LogP contribution in [0.1, 0.15) is 12.8 Å².